The van der Waals surface area contributed by atoms with E-state index in [0.717, 1.165) is 10.9 Å². The first-order chi connectivity index (χ1) is 9.34. The first-order valence-electron chi connectivity index (χ1n) is 6.32. The van der Waals surface area contributed by atoms with Crippen LogP contribution in [0.25, 0.3) is 0 Å². The summed E-state index contributed by atoms with van der Waals surface area (Å²) in [4.78, 5) is 0. The topological polar surface area (TPSA) is 29.5 Å². The molecule has 1 N–H and O–H groups in total. The van der Waals surface area contributed by atoms with Gasteiger partial charge in [0.15, 0.2) is 0 Å². The fourth-order valence-electron chi connectivity index (χ4n) is 1.64. The van der Waals surface area contributed by atoms with E-state index in [9.17, 15) is 5.11 Å². The Hall–Kier alpha value is -1.12. The summed E-state index contributed by atoms with van der Waals surface area (Å²) in [6.45, 7) is 0.972. The summed E-state index contributed by atoms with van der Waals surface area (Å²) in [5, 5.41) is 10.7. The van der Waals surface area contributed by atoms with E-state index in [-0.39, 0.29) is 6.10 Å². The van der Waals surface area contributed by atoms with Crippen molar-refractivity contribution in [2.75, 3.05) is 6.61 Å². The molecule has 2 aromatic carbocycles. The van der Waals surface area contributed by atoms with Crippen LogP contribution in [-0.4, -0.2) is 32.8 Å². The van der Waals surface area contributed by atoms with Crippen molar-refractivity contribution in [1.29, 1.82) is 0 Å². The van der Waals surface area contributed by atoms with Gasteiger partial charge in [0.25, 0.3) is 0 Å². The molecule has 2 nitrogen and oxygen atoms in total. The molecule has 0 saturated heterocycles. The van der Waals surface area contributed by atoms with E-state index in [1.165, 1.54) is 4.46 Å². The molecule has 0 amide bonds. The molecule has 3 heteroatoms. The minimum atomic E-state index is -0.371. The molecule has 0 aliphatic carbocycles. The van der Waals surface area contributed by atoms with Crippen molar-refractivity contribution in [3.63, 3.8) is 0 Å². The fraction of sp³-hybridized carbons (Fsp3) is 0.250. The van der Waals surface area contributed by atoms with Crippen LogP contribution >= 0.6 is 0 Å². The normalized spacial score (nSPS) is 12.3. The van der Waals surface area contributed by atoms with Gasteiger partial charge in [-0.05, 0) is 0 Å². The van der Waals surface area contributed by atoms with Crippen LogP contribution in [0, 0.1) is 0 Å². The van der Waals surface area contributed by atoms with Crippen LogP contribution in [0.5, 0.6) is 0 Å². The zero-order chi connectivity index (χ0) is 13.3. The molecule has 0 unspecified atom stereocenters. The molecular formula is C16H18O2Se. The summed E-state index contributed by atoms with van der Waals surface area (Å²) in [5.41, 5.74) is 1.14. The van der Waals surface area contributed by atoms with Gasteiger partial charge in [-0.25, -0.2) is 0 Å². The Labute approximate surface area is 120 Å². The van der Waals surface area contributed by atoms with Crippen molar-refractivity contribution < 1.29 is 9.84 Å². The van der Waals surface area contributed by atoms with Gasteiger partial charge in [-0.3, -0.25) is 0 Å². The van der Waals surface area contributed by atoms with E-state index in [1.807, 2.05) is 48.5 Å². The van der Waals surface area contributed by atoms with Gasteiger partial charge in [-0.2, -0.15) is 0 Å². The molecule has 0 aliphatic rings. The second-order valence-electron chi connectivity index (χ2n) is 4.28. The Morgan fingerprint density at radius 1 is 0.947 bits per heavy atom. The van der Waals surface area contributed by atoms with E-state index in [4.69, 9.17) is 4.74 Å². The summed E-state index contributed by atoms with van der Waals surface area (Å²) in [5.74, 6) is 0. The van der Waals surface area contributed by atoms with Crippen LogP contribution in [0.3, 0.4) is 0 Å². The molecule has 0 saturated carbocycles. The number of benzene rings is 2. The van der Waals surface area contributed by atoms with Crippen LogP contribution in [0.15, 0.2) is 60.7 Å². The SMILES string of the molecule is O[C@@H](COCc1ccccc1)C[Se]c1ccccc1. The van der Waals surface area contributed by atoms with E-state index >= 15 is 0 Å². The van der Waals surface area contributed by atoms with Crippen LogP contribution in [0.4, 0.5) is 0 Å². The van der Waals surface area contributed by atoms with Crippen molar-refractivity contribution >= 4 is 19.4 Å². The van der Waals surface area contributed by atoms with Crippen LogP contribution < -0.4 is 4.46 Å². The van der Waals surface area contributed by atoms with E-state index in [2.05, 4.69) is 12.1 Å². The number of rotatable bonds is 7. The van der Waals surface area contributed by atoms with E-state index in [1.54, 1.807) is 0 Å². The molecular weight excluding hydrogens is 303 g/mol. The molecule has 0 radical (unpaired) electrons. The quantitative estimate of drug-likeness (QED) is 0.791. The number of hydrogen-bond acceptors (Lipinski definition) is 2. The van der Waals surface area contributed by atoms with Gasteiger partial charge in [0.2, 0.25) is 0 Å². The van der Waals surface area contributed by atoms with Crippen LogP contribution in [-0.2, 0) is 11.3 Å². The Morgan fingerprint density at radius 2 is 1.58 bits per heavy atom. The summed E-state index contributed by atoms with van der Waals surface area (Å²) in [6, 6.07) is 20.3. The summed E-state index contributed by atoms with van der Waals surface area (Å²) in [6.07, 6.45) is -0.371. The summed E-state index contributed by atoms with van der Waals surface area (Å²) in [7, 11) is 0. The monoisotopic (exact) mass is 322 g/mol. The van der Waals surface area contributed by atoms with E-state index < -0.39 is 0 Å². The predicted molar refractivity (Wildman–Crippen MR) is 78.7 cm³/mol. The molecule has 19 heavy (non-hydrogen) atoms. The second-order valence-corrected chi connectivity index (χ2v) is 6.57. The van der Waals surface area contributed by atoms with Crippen molar-refractivity contribution in [1.82, 2.24) is 0 Å². The van der Waals surface area contributed by atoms with Crippen molar-refractivity contribution in [3.8, 4) is 0 Å². The Balaban J connectivity index is 1.64. The zero-order valence-corrected chi connectivity index (χ0v) is 12.4. The standard InChI is InChI=1S/C16H18O2Se/c17-15(13-19-16-9-5-2-6-10-16)12-18-11-14-7-3-1-4-8-14/h1-10,15,17H,11-13H2/t15-/m0/s1. The molecule has 0 spiro atoms. The average Bonchev–Trinajstić information content (AvgIpc) is 2.47. The van der Waals surface area contributed by atoms with Gasteiger partial charge in [0, 0.05) is 0 Å². The van der Waals surface area contributed by atoms with E-state index in [0.29, 0.717) is 28.2 Å². The number of hydrogen-bond donors (Lipinski definition) is 1. The van der Waals surface area contributed by atoms with Gasteiger partial charge < -0.3 is 0 Å². The molecule has 0 fully saturated rings. The van der Waals surface area contributed by atoms with Gasteiger partial charge in [0.1, 0.15) is 0 Å². The number of ether oxygens (including phenoxy) is 1. The summed E-state index contributed by atoms with van der Waals surface area (Å²) >= 11 is 0.316. The molecule has 0 aromatic heterocycles. The van der Waals surface area contributed by atoms with Gasteiger partial charge in [-0.1, -0.05) is 0 Å². The Morgan fingerprint density at radius 3 is 2.26 bits per heavy atom. The van der Waals surface area contributed by atoms with Gasteiger partial charge in [0.05, 0.1) is 0 Å². The first-order valence-corrected chi connectivity index (χ1v) is 8.39. The average molecular weight is 321 g/mol. The van der Waals surface area contributed by atoms with Gasteiger partial charge >= 0.3 is 120 Å². The summed E-state index contributed by atoms with van der Waals surface area (Å²) < 4.78 is 6.85. The Bertz CT molecular complexity index is 459. The number of aliphatic hydroxyl groups excluding tert-OH is 1. The fourth-order valence-corrected chi connectivity index (χ4v) is 3.39. The molecule has 0 heterocycles. The van der Waals surface area contributed by atoms with Crippen molar-refractivity contribution in [2.45, 2.75) is 18.0 Å². The molecule has 2 aromatic rings. The third-order valence-electron chi connectivity index (χ3n) is 2.61. The molecule has 0 bridgehead atoms. The maximum absolute atomic E-state index is 9.88. The maximum atomic E-state index is 9.88. The third kappa shape index (κ3) is 5.58. The minimum absolute atomic E-state index is 0.316. The molecule has 100 valence electrons. The third-order valence-corrected chi connectivity index (χ3v) is 5.03. The number of aliphatic hydroxyl groups is 1. The van der Waals surface area contributed by atoms with Crippen LogP contribution in [0.2, 0.25) is 5.32 Å². The predicted octanol–water partition coefficient (Wildman–Crippen LogP) is 2.01. The van der Waals surface area contributed by atoms with Crippen molar-refractivity contribution in [2.24, 2.45) is 0 Å². The Kier molecular flexibility index (Phi) is 6.12. The second kappa shape index (κ2) is 8.13. The van der Waals surface area contributed by atoms with Crippen molar-refractivity contribution in [3.05, 3.63) is 66.2 Å². The first kappa shape index (κ1) is 14.3. The molecule has 2 rings (SSSR count). The van der Waals surface area contributed by atoms with Gasteiger partial charge in [-0.15, -0.1) is 0 Å². The molecule has 0 aliphatic heterocycles. The van der Waals surface area contributed by atoms with Crippen LogP contribution in [0.1, 0.15) is 5.56 Å². The molecule has 1 atom stereocenters. The zero-order valence-electron chi connectivity index (χ0n) is 10.7.